The van der Waals surface area contributed by atoms with Gasteiger partial charge in [0.05, 0.1) is 18.3 Å². The van der Waals surface area contributed by atoms with E-state index in [0.717, 1.165) is 32.2 Å². The molecule has 1 aliphatic heterocycles. The Morgan fingerprint density at radius 2 is 1.42 bits per heavy atom. The minimum Gasteiger partial charge on any atom is -0.462 e. The van der Waals surface area contributed by atoms with Crippen LogP contribution in [0.15, 0.2) is 60.7 Å². The Hall–Kier alpha value is -2.03. The normalized spacial score (nSPS) is 19.0. The second-order valence-electron chi connectivity index (χ2n) is 14.5. The summed E-state index contributed by atoms with van der Waals surface area (Å²) in [6.45, 7) is 14.4. The monoisotopic (exact) mass is 639 g/mol. The number of carbonyl (C=O) groups is 1. The van der Waals surface area contributed by atoms with Crippen LogP contribution in [0.4, 0.5) is 0 Å². The fourth-order valence-corrected chi connectivity index (χ4v) is 7.24. The van der Waals surface area contributed by atoms with E-state index in [-0.39, 0.29) is 23.2 Å². The van der Waals surface area contributed by atoms with Gasteiger partial charge in [-0.3, -0.25) is 4.84 Å². The summed E-state index contributed by atoms with van der Waals surface area (Å²) in [5.74, 6) is -0.223. The Bertz CT molecular complexity index is 1090. The van der Waals surface area contributed by atoms with Gasteiger partial charge in [0.15, 0.2) is 8.32 Å². The molecular weight excluding hydrogens is 579 g/mol. The van der Waals surface area contributed by atoms with Crippen LogP contribution in [-0.2, 0) is 20.5 Å². The highest BCUT2D eigenvalue weighted by Gasteiger charge is 2.43. The number of rotatable bonds is 20. The first kappa shape index (κ1) is 37.4. The first-order chi connectivity index (χ1) is 21.5. The topological polar surface area (TPSA) is 68.2 Å². The Morgan fingerprint density at radius 3 is 2.00 bits per heavy atom. The van der Waals surface area contributed by atoms with Crippen LogP contribution in [0.1, 0.15) is 121 Å². The highest BCUT2D eigenvalue weighted by molar-refractivity contribution is 6.74. The second-order valence-corrected chi connectivity index (χ2v) is 19.3. The lowest BCUT2D eigenvalue weighted by molar-refractivity contribution is -0.200. The zero-order valence-electron chi connectivity index (χ0n) is 29.0. The summed E-state index contributed by atoms with van der Waals surface area (Å²) < 4.78 is 11.9. The van der Waals surface area contributed by atoms with Crippen molar-refractivity contribution in [2.45, 2.75) is 154 Å². The molecule has 1 saturated heterocycles. The Labute approximate surface area is 274 Å². The van der Waals surface area contributed by atoms with Crippen molar-refractivity contribution in [1.29, 1.82) is 0 Å². The Morgan fingerprint density at radius 1 is 0.889 bits per heavy atom. The lowest BCUT2D eigenvalue weighted by Crippen LogP contribution is -2.48. The fourth-order valence-electron chi connectivity index (χ4n) is 5.81. The van der Waals surface area contributed by atoms with E-state index in [1.54, 1.807) is 12.1 Å². The van der Waals surface area contributed by atoms with Gasteiger partial charge in [-0.2, -0.15) is 5.06 Å². The summed E-state index contributed by atoms with van der Waals surface area (Å²) in [4.78, 5) is 18.4. The number of aliphatic hydroxyl groups is 1. The van der Waals surface area contributed by atoms with Gasteiger partial charge in [0, 0.05) is 12.6 Å². The summed E-state index contributed by atoms with van der Waals surface area (Å²) in [7, 11) is -1.99. The van der Waals surface area contributed by atoms with Crippen molar-refractivity contribution in [3.05, 3.63) is 71.8 Å². The van der Waals surface area contributed by atoms with Crippen LogP contribution in [0.25, 0.3) is 0 Å². The molecule has 252 valence electrons. The maximum Gasteiger partial charge on any atom is 0.338 e. The van der Waals surface area contributed by atoms with Crippen LogP contribution in [-0.4, -0.2) is 55.4 Å². The van der Waals surface area contributed by atoms with E-state index in [1.807, 2.05) is 31.2 Å². The minimum atomic E-state index is -1.99. The molecule has 2 aromatic rings. The molecule has 2 aromatic carbocycles. The third-order valence-corrected chi connectivity index (χ3v) is 14.3. The molecule has 0 unspecified atom stereocenters. The highest BCUT2D eigenvalue weighted by Crippen LogP contribution is 2.38. The van der Waals surface area contributed by atoms with Gasteiger partial charge in [-0.1, -0.05) is 127 Å². The number of unbranched alkanes of at least 4 members (excludes halogenated alkanes) is 9. The summed E-state index contributed by atoms with van der Waals surface area (Å²) >= 11 is 0. The van der Waals surface area contributed by atoms with Gasteiger partial charge < -0.3 is 14.3 Å². The van der Waals surface area contributed by atoms with Crippen molar-refractivity contribution in [2.24, 2.45) is 0 Å². The average Bonchev–Trinajstić information content (AvgIpc) is 3.41. The number of carbonyl (C=O) groups excluding carboxylic acids is 1. The standard InChI is InChI=1S/C38H61NO5Si/c1-31(44-45(5,6)38(2,3)4)36(40)35-29-34(39(43-35)30-32-23-17-15-18-24-32)27-21-13-11-9-7-8-10-12-14-22-28-42-37(41)33-25-19-16-20-26-33/h15-20,23-26,31,34-36,40H,7-14,21-22,27-30H2,1-6H3/t31-,34+,35-,36-/m0/s1. The van der Waals surface area contributed by atoms with Crippen LogP contribution in [0.3, 0.4) is 0 Å². The molecule has 1 N–H and O–H groups in total. The molecule has 3 rings (SSSR count). The van der Waals surface area contributed by atoms with Gasteiger partial charge >= 0.3 is 5.97 Å². The van der Waals surface area contributed by atoms with Gasteiger partial charge in [-0.25, -0.2) is 4.79 Å². The highest BCUT2D eigenvalue weighted by atomic mass is 28.4. The van der Waals surface area contributed by atoms with Crippen molar-refractivity contribution < 1.29 is 23.9 Å². The van der Waals surface area contributed by atoms with E-state index in [1.165, 1.54) is 56.9 Å². The molecule has 6 nitrogen and oxygen atoms in total. The van der Waals surface area contributed by atoms with Gasteiger partial charge in [0.1, 0.15) is 12.2 Å². The first-order valence-corrected chi connectivity index (χ1v) is 20.4. The van der Waals surface area contributed by atoms with Crippen LogP contribution in [0.2, 0.25) is 18.1 Å². The number of nitrogens with zero attached hydrogens (tertiary/aromatic N) is 1. The molecule has 1 heterocycles. The van der Waals surface area contributed by atoms with E-state index in [9.17, 15) is 9.90 Å². The zero-order valence-corrected chi connectivity index (χ0v) is 30.0. The number of ether oxygens (including phenoxy) is 1. The molecule has 4 atom stereocenters. The number of aliphatic hydroxyl groups excluding tert-OH is 1. The largest absolute Gasteiger partial charge is 0.462 e. The lowest BCUT2D eigenvalue weighted by Gasteiger charge is -2.40. The van der Waals surface area contributed by atoms with Crippen LogP contribution in [0, 0.1) is 0 Å². The SMILES string of the molecule is C[C@H](O[Si](C)(C)C(C)(C)C)[C@H](O)[C@@H]1C[C@@H](CCCCCCCCCCCCOC(=O)c2ccccc2)N(Cc2ccccc2)O1. The number of hydrogen-bond acceptors (Lipinski definition) is 6. The number of hydrogen-bond donors (Lipinski definition) is 1. The third kappa shape index (κ3) is 12.9. The molecular formula is C38H61NO5Si. The Balaban J connectivity index is 1.30. The van der Waals surface area contributed by atoms with E-state index >= 15 is 0 Å². The van der Waals surface area contributed by atoms with Crippen LogP contribution < -0.4 is 0 Å². The predicted octanol–water partition coefficient (Wildman–Crippen LogP) is 9.48. The smallest absolute Gasteiger partial charge is 0.338 e. The molecule has 0 aliphatic carbocycles. The molecule has 1 fully saturated rings. The van der Waals surface area contributed by atoms with E-state index in [0.29, 0.717) is 18.2 Å². The average molecular weight is 640 g/mol. The maximum atomic E-state index is 12.0. The molecule has 0 aromatic heterocycles. The van der Waals surface area contributed by atoms with Gasteiger partial charge in [0.25, 0.3) is 0 Å². The number of esters is 1. The molecule has 0 radical (unpaired) electrons. The number of benzene rings is 2. The third-order valence-electron chi connectivity index (χ3n) is 9.69. The van der Waals surface area contributed by atoms with E-state index < -0.39 is 14.4 Å². The van der Waals surface area contributed by atoms with Crippen LogP contribution in [0.5, 0.6) is 0 Å². The van der Waals surface area contributed by atoms with E-state index in [4.69, 9.17) is 14.0 Å². The molecule has 7 heteroatoms. The summed E-state index contributed by atoms with van der Waals surface area (Å²) in [5, 5.41) is 13.5. The van der Waals surface area contributed by atoms with Gasteiger partial charge in [0.2, 0.25) is 0 Å². The minimum absolute atomic E-state index is 0.0975. The quantitative estimate of drug-likeness (QED) is 0.0884. The second kappa shape index (κ2) is 18.9. The van der Waals surface area contributed by atoms with Crippen molar-refractivity contribution in [3.8, 4) is 0 Å². The van der Waals surface area contributed by atoms with Gasteiger partial charge in [-0.15, -0.1) is 0 Å². The molecule has 1 aliphatic rings. The Kier molecular flexibility index (Phi) is 15.8. The van der Waals surface area contributed by atoms with Crippen molar-refractivity contribution in [2.75, 3.05) is 6.61 Å². The predicted molar refractivity (Wildman–Crippen MR) is 187 cm³/mol. The maximum absolute atomic E-state index is 12.0. The first-order valence-electron chi connectivity index (χ1n) is 17.5. The zero-order chi connectivity index (χ0) is 32.7. The molecule has 0 spiro atoms. The summed E-state index contributed by atoms with van der Waals surface area (Å²) in [6, 6.07) is 20.0. The molecule has 0 amide bonds. The van der Waals surface area contributed by atoms with Crippen molar-refractivity contribution in [3.63, 3.8) is 0 Å². The van der Waals surface area contributed by atoms with Crippen molar-refractivity contribution >= 4 is 14.3 Å². The van der Waals surface area contributed by atoms with Crippen LogP contribution >= 0.6 is 0 Å². The molecule has 45 heavy (non-hydrogen) atoms. The molecule has 0 bridgehead atoms. The fraction of sp³-hybridized carbons (Fsp3) is 0.658. The lowest BCUT2D eigenvalue weighted by atomic mass is 9.98. The van der Waals surface area contributed by atoms with Gasteiger partial charge in [-0.05, 0) is 62.0 Å². The van der Waals surface area contributed by atoms with Crippen molar-refractivity contribution in [1.82, 2.24) is 5.06 Å². The number of hydroxylamine groups is 2. The summed E-state index contributed by atoms with van der Waals surface area (Å²) in [5.41, 5.74) is 1.86. The summed E-state index contributed by atoms with van der Waals surface area (Å²) in [6.07, 6.45) is 12.8. The molecule has 0 saturated carbocycles. The van der Waals surface area contributed by atoms with E-state index in [2.05, 4.69) is 63.2 Å².